The topological polar surface area (TPSA) is 102 Å². The first-order valence-corrected chi connectivity index (χ1v) is 10.3. The lowest BCUT2D eigenvalue weighted by Gasteiger charge is -2.34. The Balaban J connectivity index is 1.64. The minimum absolute atomic E-state index is 0.0211. The molecule has 28 heavy (non-hydrogen) atoms. The minimum Gasteiger partial charge on any atom is -0.360 e. The number of alkyl halides is 1. The van der Waals surface area contributed by atoms with Crippen molar-refractivity contribution in [3.05, 3.63) is 47.7 Å². The van der Waals surface area contributed by atoms with Gasteiger partial charge in [0, 0.05) is 12.1 Å². The van der Waals surface area contributed by atoms with Crippen LogP contribution in [0.5, 0.6) is 0 Å². The Labute approximate surface area is 161 Å². The second kappa shape index (κ2) is 6.78. The van der Waals surface area contributed by atoms with Crippen molar-refractivity contribution in [3.8, 4) is 11.4 Å². The predicted octanol–water partition coefficient (Wildman–Crippen LogP) is 2.99. The fourth-order valence-corrected chi connectivity index (χ4v) is 5.25. The Morgan fingerprint density at radius 1 is 1.14 bits per heavy atom. The number of hydrogen-bond acceptors (Lipinski definition) is 7. The summed E-state index contributed by atoms with van der Waals surface area (Å²) in [5.74, 6) is 0.222. The average molecular weight is 406 g/mol. The summed E-state index contributed by atoms with van der Waals surface area (Å²) in [6.07, 6.45) is 0.416. The summed E-state index contributed by atoms with van der Waals surface area (Å²) in [5, 5.41) is 7.55. The highest BCUT2D eigenvalue weighted by Crippen LogP contribution is 2.38. The number of aromatic nitrogens is 3. The fraction of sp³-hybridized carbons (Fsp3) is 0.389. The van der Waals surface area contributed by atoms with E-state index in [4.69, 9.17) is 9.05 Å². The van der Waals surface area contributed by atoms with Crippen LogP contribution in [-0.4, -0.2) is 41.1 Å². The smallest absolute Gasteiger partial charge is 0.266 e. The third-order valence-electron chi connectivity index (χ3n) is 4.81. The number of sulfonamides is 1. The molecule has 10 heteroatoms. The van der Waals surface area contributed by atoms with Gasteiger partial charge in [0.05, 0.1) is 6.54 Å². The quantitative estimate of drug-likeness (QED) is 0.656. The molecule has 1 unspecified atom stereocenters. The first kappa shape index (κ1) is 18.8. The predicted molar refractivity (Wildman–Crippen MR) is 96.5 cm³/mol. The van der Waals surface area contributed by atoms with E-state index in [1.165, 1.54) is 6.92 Å². The van der Waals surface area contributed by atoms with Gasteiger partial charge in [0.1, 0.15) is 10.6 Å². The zero-order valence-electron chi connectivity index (χ0n) is 15.4. The molecule has 148 valence electrons. The molecule has 1 fully saturated rings. The van der Waals surface area contributed by atoms with Gasteiger partial charge < -0.3 is 9.05 Å². The van der Waals surface area contributed by atoms with Crippen molar-refractivity contribution in [2.45, 2.75) is 37.3 Å². The number of nitrogens with zero attached hydrogens (tertiary/aromatic N) is 4. The first-order chi connectivity index (χ1) is 13.3. The summed E-state index contributed by atoms with van der Waals surface area (Å²) in [5.41, 5.74) is -1.13. The highest BCUT2D eigenvalue weighted by Gasteiger charge is 2.46. The Morgan fingerprint density at radius 2 is 1.89 bits per heavy atom. The Morgan fingerprint density at radius 3 is 2.57 bits per heavy atom. The number of benzene rings is 1. The van der Waals surface area contributed by atoms with Crippen LogP contribution in [0, 0.1) is 13.8 Å². The summed E-state index contributed by atoms with van der Waals surface area (Å²) >= 11 is 0. The van der Waals surface area contributed by atoms with Crippen molar-refractivity contribution in [1.82, 2.24) is 19.6 Å². The molecule has 0 aliphatic carbocycles. The van der Waals surface area contributed by atoms with E-state index >= 15 is 4.39 Å². The normalized spacial score (nSPS) is 21.1. The number of halogens is 1. The standard InChI is InChI=1S/C18H19FN4O4S/c1-12-15(13(2)26-21-12)28(24,25)23-10-6-9-18(19,11-23)17-20-16(22-27-17)14-7-4-3-5-8-14/h3-5,7-8H,6,9-11H2,1-2H3. The third-order valence-corrected chi connectivity index (χ3v) is 6.90. The van der Waals surface area contributed by atoms with E-state index < -0.39 is 22.2 Å². The lowest BCUT2D eigenvalue weighted by atomic mass is 9.96. The molecule has 2 aromatic heterocycles. The van der Waals surface area contributed by atoms with Gasteiger partial charge in [-0.05, 0) is 26.7 Å². The van der Waals surface area contributed by atoms with E-state index in [0.717, 1.165) is 4.31 Å². The van der Waals surface area contributed by atoms with E-state index in [2.05, 4.69) is 15.3 Å². The maximum atomic E-state index is 15.7. The molecular formula is C18H19FN4O4S. The highest BCUT2D eigenvalue weighted by atomic mass is 32.2. The fourth-order valence-electron chi connectivity index (χ4n) is 3.43. The number of hydrogen-bond donors (Lipinski definition) is 0. The molecular weight excluding hydrogens is 387 g/mol. The summed E-state index contributed by atoms with van der Waals surface area (Å²) in [7, 11) is -3.96. The van der Waals surface area contributed by atoms with Crippen molar-refractivity contribution >= 4 is 10.0 Å². The lowest BCUT2D eigenvalue weighted by molar-refractivity contribution is 0.0469. The first-order valence-electron chi connectivity index (χ1n) is 8.83. The van der Waals surface area contributed by atoms with E-state index in [1.54, 1.807) is 19.1 Å². The molecule has 1 aliphatic heterocycles. The molecule has 0 N–H and O–H groups in total. The van der Waals surface area contributed by atoms with Crippen LogP contribution in [0.25, 0.3) is 11.4 Å². The van der Waals surface area contributed by atoms with Gasteiger partial charge >= 0.3 is 0 Å². The molecule has 0 saturated carbocycles. The molecule has 3 heterocycles. The largest absolute Gasteiger partial charge is 0.360 e. The van der Waals surface area contributed by atoms with Crippen molar-refractivity contribution in [2.24, 2.45) is 0 Å². The molecule has 3 aromatic rings. The number of piperidine rings is 1. The van der Waals surface area contributed by atoms with Crippen molar-refractivity contribution in [1.29, 1.82) is 0 Å². The minimum atomic E-state index is -3.96. The summed E-state index contributed by atoms with van der Waals surface area (Å²) < 4.78 is 53.0. The summed E-state index contributed by atoms with van der Waals surface area (Å²) in [4.78, 5) is 4.16. The van der Waals surface area contributed by atoms with Crippen LogP contribution in [0.15, 0.2) is 44.3 Å². The van der Waals surface area contributed by atoms with Crippen LogP contribution in [-0.2, 0) is 15.7 Å². The molecule has 1 aliphatic rings. The van der Waals surface area contributed by atoms with Crippen LogP contribution in [0.2, 0.25) is 0 Å². The molecule has 8 nitrogen and oxygen atoms in total. The third kappa shape index (κ3) is 3.12. The zero-order valence-corrected chi connectivity index (χ0v) is 16.2. The summed E-state index contributed by atoms with van der Waals surface area (Å²) in [6.45, 7) is 2.84. The molecule has 0 bridgehead atoms. The molecule has 0 amide bonds. The van der Waals surface area contributed by atoms with Crippen LogP contribution >= 0.6 is 0 Å². The van der Waals surface area contributed by atoms with Crippen molar-refractivity contribution < 1.29 is 21.9 Å². The monoisotopic (exact) mass is 406 g/mol. The molecule has 1 saturated heterocycles. The van der Waals surface area contributed by atoms with Gasteiger partial charge in [-0.15, -0.1) is 0 Å². The molecule has 1 atom stereocenters. The van der Waals surface area contributed by atoms with Gasteiger partial charge in [-0.2, -0.15) is 9.29 Å². The van der Waals surface area contributed by atoms with Gasteiger partial charge in [-0.1, -0.05) is 40.6 Å². The number of aryl methyl sites for hydroxylation is 2. The van der Waals surface area contributed by atoms with Crippen LogP contribution in [0.4, 0.5) is 4.39 Å². The molecule has 4 rings (SSSR count). The SMILES string of the molecule is Cc1noc(C)c1S(=O)(=O)N1CCCC(F)(c2nc(-c3ccccc3)no2)C1. The molecule has 1 aromatic carbocycles. The van der Waals surface area contributed by atoms with Crippen LogP contribution in [0.3, 0.4) is 0 Å². The van der Waals surface area contributed by atoms with E-state index in [0.29, 0.717) is 12.0 Å². The van der Waals surface area contributed by atoms with Gasteiger partial charge in [0.25, 0.3) is 5.89 Å². The van der Waals surface area contributed by atoms with Crippen LogP contribution < -0.4 is 0 Å². The zero-order chi connectivity index (χ0) is 19.9. The maximum absolute atomic E-state index is 15.7. The second-order valence-electron chi connectivity index (χ2n) is 6.85. The van der Waals surface area contributed by atoms with E-state index in [-0.39, 0.29) is 41.0 Å². The summed E-state index contributed by atoms with van der Waals surface area (Å²) in [6, 6.07) is 9.05. The van der Waals surface area contributed by atoms with Crippen molar-refractivity contribution in [2.75, 3.05) is 13.1 Å². The van der Waals surface area contributed by atoms with Crippen molar-refractivity contribution in [3.63, 3.8) is 0 Å². The van der Waals surface area contributed by atoms with Gasteiger partial charge in [-0.3, -0.25) is 0 Å². The van der Waals surface area contributed by atoms with Gasteiger partial charge in [-0.25, -0.2) is 12.8 Å². The molecule has 0 spiro atoms. The Bertz CT molecular complexity index is 1080. The lowest BCUT2D eigenvalue weighted by Crippen LogP contribution is -2.46. The van der Waals surface area contributed by atoms with E-state index in [9.17, 15) is 8.42 Å². The Kier molecular flexibility index (Phi) is 4.54. The van der Waals surface area contributed by atoms with E-state index in [1.807, 2.05) is 18.2 Å². The maximum Gasteiger partial charge on any atom is 0.266 e. The van der Waals surface area contributed by atoms with Crippen LogP contribution in [0.1, 0.15) is 30.2 Å². The molecule has 0 radical (unpaired) electrons. The van der Waals surface area contributed by atoms with Gasteiger partial charge in [0.15, 0.2) is 5.76 Å². The Hall–Kier alpha value is -2.59. The van der Waals surface area contributed by atoms with Gasteiger partial charge in [0.2, 0.25) is 21.5 Å². The second-order valence-corrected chi connectivity index (χ2v) is 8.72. The average Bonchev–Trinajstić information content (AvgIpc) is 3.30. The highest BCUT2D eigenvalue weighted by molar-refractivity contribution is 7.89. The number of rotatable bonds is 4.